The molecule has 1 aliphatic rings. The lowest BCUT2D eigenvalue weighted by atomic mass is 10.1. The number of pyridine rings is 1. The Labute approximate surface area is 178 Å². The van der Waals surface area contributed by atoms with E-state index in [4.69, 9.17) is 4.98 Å². The van der Waals surface area contributed by atoms with E-state index in [1.54, 1.807) is 12.1 Å². The van der Waals surface area contributed by atoms with Crippen LogP contribution in [-0.2, 0) is 19.3 Å². The molecule has 31 heavy (non-hydrogen) atoms. The average Bonchev–Trinajstić information content (AvgIpc) is 3.11. The van der Waals surface area contributed by atoms with E-state index in [2.05, 4.69) is 27.9 Å². The van der Waals surface area contributed by atoms with E-state index in [0.717, 1.165) is 44.1 Å². The highest BCUT2D eigenvalue weighted by Gasteiger charge is 2.30. The first-order valence-electron chi connectivity index (χ1n) is 10.2. The van der Waals surface area contributed by atoms with Crippen molar-refractivity contribution >= 4 is 11.0 Å². The maximum Gasteiger partial charge on any atom is 0.416 e. The first-order chi connectivity index (χ1) is 14.8. The lowest BCUT2D eigenvalue weighted by molar-refractivity contribution is -0.137. The second-order valence-corrected chi connectivity index (χ2v) is 7.77. The number of hydrogen-bond acceptors (Lipinski definition) is 5. The fourth-order valence-electron chi connectivity index (χ4n) is 3.93. The smallest absolute Gasteiger partial charge is 0.327 e. The van der Waals surface area contributed by atoms with Gasteiger partial charge in [0.25, 0.3) is 0 Å². The second-order valence-electron chi connectivity index (χ2n) is 7.77. The van der Waals surface area contributed by atoms with E-state index >= 15 is 0 Å². The highest BCUT2D eigenvalue weighted by atomic mass is 19.4. The summed E-state index contributed by atoms with van der Waals surface area (Å²) in [7, 11) is 2.10. The number of nitriles is 1. The molecule has 162 valence electrons. The molecular formula is C22H23F3N6. The molecule has 0 radical (unpaired) electrons. The number of fused-ring (bicyclic) bond motifs is 1. The van der Waals surface area contributed by atoms with Gasteiger partial charge in [-0.1, -0.05) is 12.1 Å². The Morgan fingerprint density at radius 3 is 2.48 bits per heavy atom. The Kier molecular flexibility index (Phi) is 5.69. The van der Waals surface area contributed by atoms with Gasteiger partial charge in [-0.15, -0.1) is 0 Å². The monoisotopic (exact) mass is 428 g/mol. The number of piperazine rings is 1. The molecule has 0 amide bonds. The van der Waals surface area contributed by atoms with Gasteiger partial charge in [-0.2, -0.15) is 18.4 Å². The number of hydrogen-bond donors (Lipinski definition) is 0. The number of aryl methyl sites for hydroxylation is 1. The Morgan fingerprint density at radius 1 is 1.10 bits per heavy atom. The van der Waals surface area contributed by atoms with E-state index in [1.807, 2.05) is 11.5 Å². The molecule has 0 spiro atoms. The van der Waals surface area contributed by atoms with Crippen LogP contribution < -0.4 is 0 Å². The van der Waals surface area contributed by atoms with Crippen LogP contribution in [0.25, 0.3) is 22.3 Å². The van der Waals surface area contributed by atoms with Crippen LogP contribution in [-0.4, -0.2) is 57.6 Å². The molecule has 1 aromatic carbocycles. The largest absolute Gasteiger partial charge is 0.416 e. The number of nitrogens with zero attached hydrogens (tertiary/aromatic N) is 6. The van der Waals surface area contributed by atoms with Gasteiger partial charge in [0.2, 0.25) is 0 Å². The number of likely N-dealkylation sites (N-methyl/N-ethyl adjacent to an activating group) is 1. The molecule has 2 aromatic heterocycles. The molecule has 9 heteroatoms. The van der Waals surface area contributed by atoms with Crippen molar-refractivity contribution in [2.75, 3.05) is 33.2 Å². The Hall–Kier alpha value is -2.96. The second kappa shape index (κ2) is 8.29. The van der Waals surface area contributed by atoms with Crippen LogP contribution in [0.5, 0.6) is 0 Å². The molecule has 0 N–H and O–H groups in total. The molecule has 0 aliphatic carbocycles. The van der Waals surface area contributed by atoms with Crippen molar-refractivity contribution in [1.82, 2.24) is 24.3 Å². The van der Waals surface area contributed by atoms with Gasteiger partial charge in [-0.05, 0) is 32.2 Å². The number of rotatable bonds is 4. The Balaban J connectivity index is 1.78. The summed E-state index contributed by atoms with van der Waals surface area (Å²) in [6, 6.07) is 8.81. The predicted molar refractivity (Wildman–Crippen MR) is 111 cm³/mol. The molecule has 4 rings (SSSR count). The van der Waals surface area contributed by atoms with Crippen LogP contribution in [0.4, 0.5) is 13.2 Å². The molecule has 6 nitrogen and oxygen atoms in total. The van der Waals surface area contributed by atoms with Gasteiger partial charge in [0.15, 0.2) is 5.69 Å². The van der Waals surface area contributed by atoms with Crippen LogP contribution in [0.15, 0.2) is 30.3 Å². The first-order valence-corrected chi connectivity index (χ1v) is 10.2. The Bertz CT molecular complexity index is 1140. The van der Waals surface area contributed by atoms with E-state index in [-0.39, 0.29) is 5.69 Å². The fraction of sp³-hybridized carbons (Fsp3) is 0.409. The summed E-state index contributed by atoms with van der Waals surface area (Å²) in [5, 5.41) is 9.66. The zero-order valence-corrected chi connectivity index (χ0v) is 17.4. The minimum atomic E-state index is -4.45. The highest BCUT2D eigenvalue weighted by molar-refractivity contribution is 5.85. The summed E-state index contributed by atoms with van der Waals surface area (Å²) in [6.07, 6.45) is -4.45. The first kappa shape index (κ1) is 21.3. The van der Waals surface area contributed by atoms with Gasteiger partial charge < -0.3 is 9.47 Å². The normalized spacial score (nSPS) is 16.0. The summed E-state index contributed by atoms with van der Waals surface area (Å²) in [6.45, 7) is 7.11. The third-order valence-corrected chi connectivity index (χ3v) is 5.68. The van der Waals surface area contributed by atoms with Crippen molar-refractivity contribution in [2.45, 2.75) is 26.2 Å². The summed E-state index contributed by atoms with van der Waals surface area (Å²) in [4.78, 5) is 13.6. The van der Waals surface area contributed by atoms with Gasteiger partial charge >= 0.3 is 6.18 Å². The summed E-state index contributed by atoms with van der Waals surface area (Å²) < 4.78 is 41.5. The fourth-order valence-corrected chi connectivity index (χ4v) is 3.93. The standard InChI is InChI=1S/C22H23F3N6/c1-3-31-19-12-17(15-5-4-6-16(11-15)22(23,24)25)27-18(13-26)21(19)28-20(31)14-30-9-7-29(2)8-10-30/h4-6,11-12H,3,7-10,14H2,1-2H3. The molecule has 0 unspecified atom stereocenters. The molecule has 1 aliphatic heterocycles. The number of imidazole rings is 1. The molecule has 0 saturated carbocycles. The Morgan fingerprint density at radius 2 is 1.84 bits per heavy atom. The van der Waals surface area contributed by atoms with E-state index < -0.39 is 11.7 Å². The van der Waals surface area contributed by atoms with Crippen LogP contribution in [0.3, 0.4) is 0 Å². The molecule has 1 fully saturated rings. The number of benzene rings is 1. The van der Waals surface area contributed by atoms with Crippen LogP contribution in [0.2, 0.25) is 0 Å². The van der Waals surface area contributed by atoms with Crippen molar-refractivity contribution in [1.29, 1.82) is 5.26 Å². The lowest BCUT2D eigenvalue weighted by Gasteiger charge is -2.32. The van der Waals surface area contributed by atoms with Gasteiger partial charge in [-0.25, -0.2) is 9.97 Å². The van der Waals surface area contributed by atoms with Crippen molar-refractivity contribution in [3.63, 3.8) is 0 Å². The summed E-state index contributed by atoms with van der Waals surface area (Å²) in [5.41, 5.74) is 1.23. The van der Waals surface area contributed by atoms with Gasteiger partial charge in [0, 0.05) is 38.3 Å². The van der Waals surface area contributed by atoms with Crippen LogP contribution in [0.1, 0.15) is 24.0 Å². The molecule has 3 aromatic rings. The molecular weight excluding hydrogens is 405 g/mol. The highest BCUT2D eigenvalue weighted by Crippen LogP contribution is 2.33. The SMILES string of the molecule is CCn1c(CN2CCN(C)CC2)nc2c(C#N)nc(-c3cccc(C(F)(F)F)c3)cc21. The maximum atomic E-state index is 13.2. The number of aromatic nitrogens is 3. The molecule has 3 heterocycles. The summed E-state index contributed by atoms with van der Waals surface area (Å²) in [5.74, 6) is 0.835. The number of halogens is 3. The van der Waals surface area contributed by atoms with E-state index in [0.29, 0.717) is 35.4 Å². The average molecular weight is 428 g/mol. The van der Waals surface area contributed by atoms with Crippen molar-refractivity contribution in [3.05, 3.63) is 47.4 Å². The van der Waals surface area contributed by atoms with Gasteiger partial charge in [-0.3, -0.25) is 4.90 Å². The van der Waals surface area contributed by atoms with Crippen molar-refractivity contribution in [2.24, 2.45) is 0 Å². The minimum Gasteiger partial charge on any atom is -0.327 e. The topological polar surface area (TPSA) is 61.0 Å². The van der Waals surface area contributed by atoms with Crippen molar-refractivity contribution < 1.29 is 13.2 Å². The van der Waals surface area contributed by atoms with Crippen LogP contribution >= 0.6 is 0 Å². The molecule has 0 bridgehead atoms. The molecule has 0 atom stereocenters. The maximum absolute atomic E-state index is 13.2. The van der Waals surface area contributed by atoms with E-state index in [1.165, 1.54) is 6.07 Å². The lowest BCUT2D eigenvalue weighted by Crippen LogP contribution is -2.44. The third-order valence-electron chi connectivity index (χ3n) is 5.68. The van der Waals surface area contributed by atoms with E-state index in [9.17, 15) is 18.4 Å². The zero-order valence-electron chi connectivity index (χ0n) is 17.4. The third kappa shape index (κ3) is 4.27. The van der Waals surface area contributed by atoms with Crippen LogP contribution in [0, 0.1) is 11.3 Å². The summed E-state index contributed by atoms with van der Waals surface area (Å²) >= 11 is 0. The minimum absolute atomic E-state index is 0.122. The van der Waals surface area contributed by atoms with Gasteiger partial charge in [0.1, 0.15) is 17.4 Å². The predicted octanol–water partition coefficient (Wildman–Crippen LogP) is 3.76. The molecule has 1 saturated heterocycles. The van der Waals surface area contributed by atoms with Crippen molar-refractivity contribution in [3.8, 4) is 17.3 Å². The zero-order chi connectivity index (χ0) is 22.2. The van der Waals surface area contributed by atoms with Gasteiger partial charge in [0.05, 0.1) is 23.3 Å². The number of alkyl halides is 3. The quantitative estimate of drug-likeness (QED) is 0.633.